The van der Waals surface area contributed by atoms with Crippen molar-refractivity contribution < 1.29 is 14.4 Å². The van der Waals surface area contributed by atoms with Crippen LogP contribution in [-0.2, 0) is 14.4 Å². The predicted molar refractivity (Wildman–Crippen MR) is 137 cm³/mol. The number of ketones is 3. The van der Waals surface area contributed by atoms with Crippen molar-refractivity contribution in [3.05, 3.63) is 0 Å². The van der Waals surface area contributed by atoms with Gasteiger partial charge in [-0.1, -0.05) is 73.6 Å². The van der Waals surface area contributed by atoms with Crippen molar-refractivity contribution in [2.75, 3.05) is 26.2 Å². The minimum absolute atomic E-state index is 0.218. The first-order valence-electron chi connectivity index (χ1n) is 13.6. The molecule has 0 bridgehead atoms. The van der Waals surface area contributed by atoms with Crippen LogP contribution >= 0.6 is 0 Å². The van der Waals surface area contributed by atoms with E-state index in [4.69, 9.17) is 0 Å². The molecule has 1 atom stereocenters. The smallest absolute Gasteiger partial charge is 0.135 e. The van der Waals surface area contributed by atoms with Gasteiger partial charge in [0.25, 0.3) is 0 Å². The summed E-state index contributed by atoms with van der Waals surface area (Å²) in [5.74, 6) is 3.93. The van der Waals surface area contributed by atoms with E-state index in [-0.39, 0.29) is 17.8 Å². The summed E-state index contributed by atoms with van der Waals surface area (Å²) in [5, 5.41) is 6.42. The second-order valence-corrected chi connectivity index (χ2v) is 11.4. The molecule has 5 heteroatoms. The van der Waals surface area contributed by atoms with Gasteiger partial charge in [0.15, 0.2) is 0 Å². The number of hydrogen-bond donors (Lipinski definition) is 2. The summed E-state index contributed by atoms with van der Waals surface area (Å²) in [7, 11) is 0. The zero-order chi connectivity index (χ0) is 24.8. The molecule has 0 amide bonds. The largest absolute Gasteiger partial charge is 0.316 e. The van der Waals surface area contributed by atoms with E-state index in [1.165, 1.54) is 38.5 Å². The van der Waals surface area contributed by atoms with E-state index in [1.54, 1.807) is 0 Å². The Bertz CT molecular complexity index is 570. The number of carbonyl (C=O) groups is 3. The van der Waals surface area contributed by atoms with E-state index < -0.39 is 0 Å². The Morgan fingerprint density at radius 2 is 1.00 bits per heavy atom. The summed E-state index contributed by atoms with van der Waals surface area (Å²) in [6.07, 6.45) is 10.2. The first kappa shape index (κ1) is 30.0. The summed E-state index contributed by atoms with van der Waals surface area (Å²) in [5.41, 5.74) is 0. The monoisotopic (exact) mass is 464 g/mol. The van der Waals surface area contributed by atoms with Crippen LogP contribution in [0.2, 0.25) is 0 Å². The Labute approximate surface area is 203 Å². The van der Waals surface area contributed by atoms with Crippen molar-refractivity contribution in [2.24, 2.45) is 35.5 Å². The lowest BCUT2D eigenvalue weighted by Gasteiger charge is -2.26. The Balaban J connectivity index is 0.000000249. The van der Waals surface area contributed by atoms with Crippen molar-refractivity contribution in [3.63, 3.8) is 0 Å². The molecule has 5 nitrogen and oxygen atoms in total. The Morgan fingerprint density at radius 3 is 1.36 bits per heavy atom. The van der Waals surface area contributed by atoms with Gasteiger partial charge in [-0.2, -0.15) is 0 Å². The third-order valence-corrected chi connectivity index (χ3v) is 7.15. The normalized spacial score (nSPS) is 21.2. The molecule has 2 N–H and O–H groups in total. The van der Waals surface area contributed by atoms with Crippen molar-refractivity contribution in [2.45, 2.75) is 99.3 Å². The maximum atomic E-state index is 11.4. The van der Waals surface area contributed by atoms with Crippen LogP contribution in [0, 0.1) is 35.5 Å². The molecule has 1 aliphatic carbocycles. The van der Waals surface area contributed by atoms with Crippen LogP contribution in [0.25, 0.3) is 0 Å². The standard InChI is InChI=1S/C11H20O.C9H17NO.C8H15NO/c1-9(2)11(12)8-10-6-4-3-5-7-10;1-7(2)9(11)5-8-3-4-10-6-8;1-6(2)8(10)3-7-4-9-5-7/h9-10H,3-8H2,1-2H3;7-8,10H,3-6H2,1-2H3;6-7,9H,3-5H2,1-2H3. The fourth-order valence-corrected chi connectivity index (χ4v) is 4.33. The molecule has 0 aromatic rings. The van der Waals surface area contributed by atoms with Gasteiger partial charge < -0.3 is 10.6 Å². The van der Waals surface area contributed by atoms with E-state index in [0.717, 1.165) is 45.4 Å². The molecule has 1 unspecified atom stereocenters. The van der Waals surface area contributed by atoms with E-state index in [9.17, 15) is 14.4 Å². The van der Waals surface area contributed by atoms with Gasteiger partial charge in [0, 0.05) is 37.0 Å². The number of hydrogen-bond acceptors (Lipinski definition) is 5. The molecular weight excluding hydrogens is 412 g/mol. The number of rotatable bonds is 9. The van der Waals surface area contributed by atoms with Gasteiger partial charge in [-0.15, -0.1) is 0 Å². The highest BCUT2D eigenvalue weighted by molar-refractivity contribution is 5.81. The van der Waals surface area contributed by atoms with E-state index >= 15 is 0 Å². The lowest BCUT2D eigenvalue weighted by Crippen LogP contribution is -2.43. The van der Waals surface area contributed by atoms with Crippen molar-refractivity contribution in [1.29, 1.82) is 0 Å². The van der Waals surface area contributed by atoms with Crippen LogP contribution in [0.3, 0.4) is 0 Å². The third kappa shape index (κ3) is 13.4. The maximum Gasteiger partial charge on any atom is 0.135 e. The molecular formula is C28H52N2O3. The van der Waals surface area contributed by atoms with E-state index in [1.807, 2.05) is 41.5 Å². The third-order valence-electron chi connectivity index (χ3n) is 7.15. The molecule has 0 radical (unpaired) electrons. The average molecular weight is 465 g/mol. The summed E-state index contributed by atoms with van der Waals surface area (Å²) >= 11 is 0. The summed E-state index contributed by atoms with van der Waals surface area (Å²) < 4.78 is 0. The highest BCUT2D eigenvalue weighted by atomic mass is 16.1. The summed E-state index contributed by atoms with van der Waals surface area (Å²) in [6.45, 7) is 16.1. The quantitative estimate of drug-likeness (QED) is 0.490. The van der Waals surface area contributed by atoms with Gasteiger partial charge in [-0.25, -0.2) is 0 Å². The Hall–Kier alpha value is -1.07. The fraction of sp³-hybridized carbons (Fsp3) is 0.893. The van der Waals surface area contributed by atoms with Gasteiger partial charge in [-0.05, 0) is 50.4 Å². The van der Waals surface area contributed by atoms with E-state index in [0.29, 0.717) is 35.1 Å². The minimum atomic E-state index is 0.218. The molecule has 2 heterocycles. The van der Waals surface area contributed by atoms with Gasteiger partial charge in [-0.3, -0.25) is 14.4 Å². The van der Waals surface area contributed by atoms with Crippen LogP contribution in [-0.4, -0.2) is 43.5 Å². The van der Waals surface area contributed by atoms with Crippen LogP contribution in [0.4, 0.5) is 0 Å². The van der Waals surface area contributed by atoms with Crippen LogP contribution in [0.1, 0.15) is 99.3 Å². The zero-order valence-electron chi connectivity index (χ0n) is 22.4. The second-order valence-electron chi connectivity index (χ2n) is 11.4. The Kier molecular flexibility index (Phi) is 15.0. The molecule has 192 valence electrons. The van der Waals surface area contributed by atoms with Gasteiger partial charge >= 0.3 is 0 Å². The first-order valence-corrected chi connectivity index (χ1v) is 13.6. The molecule has 1 saturated carbocycles. The number of nitrogens with one attached hydrogen (secondary N) is 2. The topological polar surface area (TPSA) is 75.3 Å². The fourth-order valence-electron chi connectivity index (χ4n) is 4.33. The molecule has 0 aromatic carbocycles. The first-order chi connectivity index (χ1) is 15.6. The molecule has 3 rings (SSSR count). The van der Waals surface area contributed by atoms with Crippen molar-refractivity contribution >= 4 is 17.3 Å². The average Bonchev–Trinajstić information content (AvgIpc) is 3.25. The van der Waals surface area contributed by atoms with Crippen LogP contribution < -0.4 is 10.6 Å². The van der Waals surface area contributed by atoms with Gasteiger partial charge in [0.1, 0.15) is 17.3 Å². The van der Waals surface area contributed by atoms with E-state index in [2.05, 4.69) is 10.6 Å². The lowest BCUT2D eigenvalue weighted by atomic mass is 9.84. The number of Topliss-reactive ketones (excluding diaryl/α,β-unsaturated/α-hetero) is 3. The lowest BCUT2D eigenvalue weighted by molar-refractivity contribution is -0.123. The Morgan fingerprint density at radius 1 is 0.576 bits per heavy atom. The molecule has 2 aliphatic heterocycles. The van der Waals surface area contributed by atoms with Crippen molar-refractivity contribution in [3.8, 4) is 0 Å². The van der Waals surface area contributed by atoms with Crippen LogP contribution in [0.5, 0.6) is 0 Å². The summed E-state index contributed by atoms with van der Waals surface area (Å²) in [6, 6.07) is 0. The SMILES string of the molecule is CC(C)C(=O)CC1CCCCC1.CC(C)C(=O)CC1CCNC1.CC(C)C(=O)CC1CNC1. The molecule has 33 heavy (non-hydrogen) atoms. The molecule has 0 aromatic heterocycles. The second kappa shape index (κ2) is 16.5. The zero-order valence-corrected chi connectivity index (χ0v) is 22.4. The summed E-state index contributed by atoms with van der Waals surface area (Å²) in [4.78, 5) is 33.8. The molecule has 2 saturated heterocycles. The predicted octanol–water partition coefficient (Wildman–Crippen LogP) is 5.21. The maximum absolute atomic E-state index is 11.4. The molecule has 3 aliphatic rings. The van der Waals surface area contributed by atoms with Gasteiger partial charge in [0.05, 0.1) is 0 Å². The highest BCUT2D eigenvalue weighted by Gasteiger charge is 2.21. The van der Waals surface area contributed by atoms with Gasteiger partial charge in [0.2, 0.25) is 0 Å². The minimum Gasteiger partial charge on any atom is -0.316 e. The van der Waals surface area contributed by atoms with Crippen LogP contribution in [0.15, 0.2) is 0 Å². The molecule has 0 spiro atoms. The highest BCUT2D eigenvalue weighted by Crippen LogP contribution is 2.27. The van der Waals surface area contributed by atoms with Crippen molar-refractivity contribution in [1.82, 2.24) is 10.6 Å². The molecule has 3 fully saturated rings. The number of carbonyl (C=O) groups excluding carboxylic acids is 3.